The van der Waals surface area contributed by atoms with Crippen molar-refractivity contribution in [3.63, 3.8) is 0 Å². The van der Waals surface area contributed by atoms with Crippen molar-refractivity contribution in [3.05, 3.63) is 45.2 Å². The van der Waals surface area contributed by atoms with Crippen LogP contribution in [0.1, 0.15) is 36.7 Å². The molecule has 0 aliphatic heterocycles. The summed E-state index contributed by atoms with van der Waals surface area (Å²) in [7, 11) is 0. The van der Waals surface area contributed by atoms with Crippen LogP contribution in [-0.4, -0.2) is 20.1 Å². The lowest BCUT2D eigenvalue weighted by atomic mass is 10.1. The molecule has 0 radical (unpaired) electrons. The third-order valence-electron chi connectivity index (χ3n) is 3.20. The van der Waals surface area contributed by atoms with E-state index in [1.807, 2.05) is 6.07 Å². The molecule has 0 spiro atoms. The molecular formula is C14H17Cl2N3O. The fraction of sp³-hybridized carbons (Fsp3) is 0.429. The first-order valence-corrected chi connectivity index (χ1v) is 7.38. The maximum atomic E-state index is 9.34. The minimum Gasteiger partial charge on any atom is -0.390 e. The number of nitrogens with zero attached hydrogens (tertiary/aromatic N) is 3. The minimum absolute atomic E-state index is 0.102. The van der Waals surface area contributed by atoms with Crippen molar-refractivity contribution in [2.24, 2.45) is 0 Å². The summed E-state index contributed by atoms with van der Waals surface area (Å²) >= 11 is 12.4. The van der Waals surface area contributed by atoms with E-state index in [9.17, 15) is 5.11 Å². The molecule has 1 heterocycles. The molecule has 0 amide bonds. The number of hydrogen-bond acceptors (Lipinski definition) is 3. The van der Waals surface area contributed by atoms with Gasteiger partial charge in [0.15, 0.2) is 0 Å². The smallest absolute Gasteiger partial charge is 0.111 e. The zero-order valence-corrected chi connectivity index (χ0v) is 12.8. The van der Waals surface area contributed by atoms with Crippen molar-refractivity contribution in [2.75, 3.05) is 0 Å². The molecule has 0 aliphatic rings. The second-order valence-electron chi connectivity index (χ2n) is 4.60. The van der Waals surface area contributed by atoms with E-state index in [1.165, 1.54) is 0 Å². The maximum absolute atomic E-state index is 9.34. The highest BCUT2D eigenvalue weighted by atomic mass is 35.5. The van der Waals surface area contributed by atoms with E-state index in [1.54, 1.807) is 16.8 Å². The topological polar surface area (TPSA) is 50.9 Å². The Balaban J connectivity index is 2.31. The highest BCUT2D eigenvalue weighted by Gasteiger charge is 2.14. The van der Waals surface area contributed by atoms with E-state index in [0.29, 0.717) is 22.3 Å². The van der Waals surface area contributed by atoms with Gasteiger partial charge in [0.05, 0.1) is 18.8 Å². The van der Waals surface area contributed by atoms with E-state index in [4.69, 9.17) is 23.2 Å². The maximum Gasteiger partial charge on any atom is 0.111 e. The molecule has 2 rings (SSSR count). The molecule has 108 valence electrons. The molecule has 0 aliphatic carbocycles. The molecule has 6 heteroatoms. The zero-order valence-electron chi connectivity index (χ0n) is 11.3. The predicted molar refractivity (Wildman–Crippen MR) is 80.1 cm³/mol. The summed E-state index contributed by atoms with van der Waals surface area (Å²) in [4.78, 5) is 0. The molecule has 4 nitrogen and oxygen atoms in total. The van der Waals surface area contributed by atoms with Crippen LogP contribution in [0, 0.1) is 0 Å². The summed E-state index contributed by atoms with van der Waals surface area (Å²) in [5, 5.41) is 18.7. The number of aliphatic hydroxyl groups excluding tert-OH is 1. The van der Waals surface area contributed by atoms with Crippen LogP contribution in [-0.2, 0) is 19.6 Å². The van der Waals surface area contributed by atoms with Crippen molar-refractivity contribution < 1.29 is 5.11 Å². The standard InChI is InChI=1S/C14H17Cl2N3O/c1-2-3-7-14-13(9-20)17-18-19(14)8-10-11(15)5-4-6-12(10)16/h4-6,20H,2-3,7-9H2,1H3. The average Bonchev–Trinajstić information content (AvgIpc) is 2.82. The normalized spacial score (nSPS) is 11.0. The molecule has 0 bridgehead atoms. The third-order valence-corrected chi connectivity index (χ3v) is 3.91. The Bertz CT molecular complexity index is 564. The third kappa shape index (κ3) is 3.32. The van der Waals surface area contributed by atoms with E-state index < -0.39 is 0 Å². The fourth-order valence-corrected chi connectivity index (χ4v) is 2.59. The lowest BCUT2D eigenvalue weighted by Gasteiger charge is -2.10. The van der Waals surface area contributed by atoms with Crippen LogP contribution in [0.25, 0.3) is 0 Å². The SMILES string of the molecule is CCCCc1c(CO)nnn1Cc1c(Cl)cccc1Cl. The Labute approximate surface area is 128 Å². The molecule has 20 heavy (non-hydrogen) atoms. The van der Waals surface area contributed by atoms with Crippen LogP contribution in [0.3, 0.4) is 0 Å². The molecule has 0 fully saturated rings. The predicted octanol–water partition coefficient (Wildman–Crippen LogP) is 3.47. The second kappa shape index (κ2) is 7.07. The molecule has 0 saturated heterocycles. The summed E-state index contributed by atoms with van der Waals surface area (Å²) in [5.41, 5.74) is 2.40. The van der Waals surface area contributed by atoms with E-state index in [2.05, 4.69) is 17.2 Å². The number of aromatic nitrogens is 3. The molecule has 1 aromatic heterocycles. The summed E-state index contributed by atoms with van der Waals surface area (Å²) in [6.07, 6.45) is 2.93. The average molecular weight is 314 g/mol. The van der Waals surface area contributed by atoms with Crippen molar-refractivity contribution in [3.8, 4) is 0 Å². The van der Waals surface area contributed by atoms with Gasteiger partial charge >= 0.3 is 0 Å². The van der Waals surface area contributed by atoms with Gasteiger partial charge in [0.1, 0.15) is 5.69 Å². The number of rotatable bonds is 6. The quantitative estimate of drug-likeness (QED) is 0.888. The Morgan fingerprint density at radius 3 is 2.55 bits per heavy atom. The number of benzene rings is 1. The van der Waals surface area contributed by atoms with Crippen LogP contribution >= 0.6 is 23.2 Å². The first-order chi connectivity index (χ1) is 9.67. The first kappa shape index (κ1) is 15.3. The summed E-state index contributed by atoms with van der Waals surface area (Å²) in [6, 6.07) is 5.42. The Kier molecular flexibility index (Phi) is 5.40. The van der Waals surface area contributed by atoms with Crippen molar-refractivity contribution in [1.82, 2.24) is 15.0 Å². The van der Waals surface area contributed by atoms with Crippen molar-refractivity contribution in [2.45, 2.75) is 39.3 Å². The van der Waals surface area contributed by atoms with Gasteiger partial charge in [0.2, 0.25) is 0 Å². The monoisotopic (exact) mass is 313 g/mol. The van der Waals surface area contributed by atoms with Crippen LogP contribution < -0.4 is 0 Å². The van der Waals surface area contributed by atoms with E-state index in [0.717, 1.165) is 30.5 Å². The van der Waals surface area contributed by atoms with Gasteiger partial charge in [-0.25, -0.2) is 4.68 Å². The van der Waals surface area contributed by atoms with Crippen molar-refractivity contribution in [1.29, 1.82) is 0 Å². The molecular weight excluding hydrogens is 297 g/mol. The second-order valence-corrected chi connectivity index (χ2v) is 5.42. The summed E-state index contributed by atoms with van der Waals surface area (Å²) < 4.78 is 1.77. The molecule has 0 atom stereocenters. The lowest BCUT2D eigenvalue weighted by molar-refractivity contribution is 0.275. The Morgan fingerprint density at radius 1 is 1.25 bits per heavy atom. The summed E-state index contributed by atoms with van der Waals surface area (Å²) in [5.74, 6) is 0. The van der Waals surface area contributed by atoms with Gasteiger partial charge < -0.3 is 5.11 Å². The number of unbranched alkanes of at least 4 members (excludes halogenated alkanes) is 1. The Morgan fingerprint density at radius 2 is 1.95 bits per heavy atom. The largest absolute Gasteiger partial charge is 0.390 e. The Hall–Kier alpha value is -1.10. The van der Waals surface area contributed by atoms with Crippen LogP contribution in [0.5, 0.6) is 0 Å². The van der Waals surface area contributed by atoms with E-state index >= 15 is 0 Å². The van der Waals surface area contributed by atoms with Crippen LogP contribution in [0.4, 0.5) is 0 Å². The minimum atomic E-state index is -0.102. The highest BCUT2D eigenvalue weighted by molar-refractivity contribution is 6.35. The first-order valence-electron chi connectivity index (χ1n) is 6.62. The van der Waals surface area contributed by atoms with Crippen LogP contribution in [0.2, 0.25) is 10.0 Å². The molecule has 1 aromatic carbocycles. The van der Waals surface area contributed by atoms with Gasteiger partial charge in [0.25, 0.3) is 0 Å². The number of hydrogen-bond donors (Lipinski definition) is 1. The van der Waals surface area contributed by atoms with Gasteiger partial charge in [-0.15, -0.1) is 5.10 Å². The van der Waals surface area contributed by atoms with Gasteiger partial charge in [-0.1, -0.05) is 47.8 Å². The van der Waals surface area contributed by atoms with Gasteiger partial charge in [0, 0.05) is 15.6 Å². The molecule has 0 saturated carbocycles. The molecule has 0 unspecified atom stereocenters. The number of aliphatic hydroxyl groups is 1. The highest BCUT2D eigenvalue weighted by Crippen LogP contribution is 2.25. The molecule has 2 aromatic rings. The summed E-state index contributed by atoms with van der Waals surface area (Å²) in [6.45, 7) is 2.48. The lowest BCUT2D eigenvalue weighted by Crippen LogP contribution is -2.08. The van der Waals surface area contributed by atoms with Gasteiger partial charge in [-0.3, -0.25) is 0 Å². The van der Waals surface area contributed by atoms with Gasteiger partial charge in [-0.05, 0) is 25.0 Å². The zero-order chi connectivity index (χ0) is 14.5. The number of halogens is 2. The van der Waals surface area contributed by atoms with E-state index in [-0.39, 0.29) is 6.61 Å². The van der Waals surface area contributed by atoms with Crippen molar-refractivity contribution >= 4 is 23.2 Å². The fourth-order valence-electron chi connectivity index (χ4n) is 2.07. The van der Waals surface area contributed by atoms with Crippen LogP contribution in [0.15, 0.2) is 18.2 Å². The molecule has 1 N–H and O–H groups in total. The van der Waals surface area contributed by atoms with Gasteiger partial charge in [-0.2, -0.15) is 0 Å².